The molecular formula is C21H22F5N5O3. The van der Waals surface area contributed by atoms with Gasteiger partial charge in [-0.1, -0.05) is 0 Å². The molecule has 184 valence electrons. The zero-order valence-corrected chi connectivity index (χ0v) is 18.3. The number of halogens is 5. The molecule has 0 saturated carbocycles. The number of carbonyl (C=O) groups excluding carboxylic acids is 2. The van der Waals surface area contributed by atoms with Gasteiger partial charge in [0.15, 0.2) is 0 Å². The van der Waals surface area contributed by atoms with E-state index in [0.29, 0.717) is 24.3 Å². The second-order valence-electron chi connectivity index (χ2n) is 8.61. The second-order valence-corrected chi connectivity index (χ2v) is 8.61. The number of rotatable bonds is 2. The Morgan fingerprint density at radius 3 is 2.59 bits per heavy atom. The molecule has 3 heterocycles. The first-order valence-corrected chi connectivity index (χ1v) is 10.5. The van der Waals surface area contributed by atoms with Gasteiger partial charge in [-0.3, -0.25) is 9.48 Å². The van der Waals surface area contributed by atoms with Crippen molar-refractivity contribution in [3.05, 3.63) is 46.3 Å². The Kier molecular flexibility index (Phi) is 6.00. The Labute approximate surface area is 190 Å². The van der Waals surface area contributed by atoms with Crippen molar-refractivity contribution < 1.29 is 36.6 Å². The van der Waals surface area contributed by atoms with Crippen LogP contribution in [0.4, 0.5) is 32.4 Å². The number of aromatic nitrogens is 2. The van der Waals surface area contributed by atoms with Crippen molar-refractivity contribution in [2.75, 3.05) is 25.5 Å². The number of urea groups is 1. The zero-order valence-electron chi connectivity index (χ0n) is 18.3. The molecule has 2 aliphatic heterocycles. The monoisotopic (exact) mass is 487 g/mol. The molecule has 4 rings (SSSR count). The lowest BCUT2D eigenvalue weighted by atomic mass is 9.99. The second kappa shape index (κ2) is 8.53. The molecule has 0 fully saturated rings. The van der Waals surface area contributed by atoms with Crippen LogP contribution in [0.1, 0.15) is 34.2 Å². The van der Waals surface area contributed by atoms with Crippen LogP contribution < -0.4 is 5.32 Å². The van der Waals surface area contributed by atoms with Crippen molar-refractivity contribution in [3.8, 4) is 0 Å². The first-order valence-electron chi connectivity index (χ1n) is 10.5. The minimum absolute atomic E-state index is 0.0693. The van der Waals surface area contributed by atoms with Crippen LogP contribution in [-0.4, -0.2) is 62.9 Å². The van der Waals surface area contributed by atoms with Gasteiger partial charge in [-0.15, -0.1) is 0 Å². The number of aliphatic hydroxyl groups is 1. The molecule has 8 nitrogen and oxygen atoms in total. The number of amides is 3. The van der Waals surface area contributed by atoms with Crippen molar-refractivity contribution in [2.24, 2.45) is 5.92 Å². The minimum atomic E-state index is -5.07. The van der Waals surface area contributed by atoms with Gasteiger partial charge in [0.2, 0.25) is 0 Å². The van der Waals surface area contributed by atoms with Gasteiger partial charge in [0, 0.05) is 56.8 Å². The summed E-state index contributed by atoms with van der Waals surface area (Å²) in [5, 5.41) is 16.2. The molecule has 1 aromatic carbocycles. The summed E-state index contributed by atoms with van der Waals surface area (Å²) in [5.74, 6) is -3.70. The van der Waals surface area contributed by atoms with E-state index in [1.807, 2.05) is 0 Å². The van der Waals surface area contributed by atoms with Gasteiger partial charge in [0.25, 0.3) is 5.91 Å². The third-order valence-corrected chi connectivity index (χ3v) is 6.12. The number of hydrogen-bond acceptors (Lipinski definition) is 4. The summed E-state index contributed by atoms with van der Waals surface area (Å²) in [5.41, 5.74) is -1.16. The molecule has 0 saturated heterocycles. The Morgan fingerprint density at radius 1 is 1.24 bits per heavy atom. The molecule has 0 spiro atoms. The molecule has 3 amide bonds. The average Bonchev–Trinajstić information content (AvgIpc) is 3.03. The van der Waals surface area contributed by atoms with Crippen molar-refractivity contribution in [2.45, 2.75) is 38.7 Å². The molecule has 0 radical (unpaired) electrons. The van der Waals surface area contributed by atoms with Crippen molar-refractivity contribution in [1.29, 1.82) is 0 Å². The normalized spacial score (nSPS) is 20.6. The van der Waals surface area contributed by atoms with E-state index in [1.165, 1.54) is 14.5 Å². The predicted octanol–water partition coefficient (Wildman–Crippen LogP) is 2.85. The van der Waals surface area contributed by atoms with Crippen LogP contribution in [0.3, 0.4) is 0 Å². The highest BCUT2D eigenvalue weighted by atomic mass is 19.4. The lowest BCUT2D eigenvalue weighted by Crippen LogP contribution is -2.45. The lowest BCUT2D eigenvalue weighted by molar-refractivity contribution is -0.140. The summed E-state index contributed by atoms with van der Waals surface area (Å²) in [6.45, 7) is 2.07. The molecule has 0 aliphatic carbocycles. The molecule has 0 bridgehead atoms. The third-order valence-electron chi connectivity index (χ3n) is 6.12. The van der Waals surface area contributed by atoms with Crippen LogP contribution >= 0.6 is 0 Å². The first kappa shape index (κ1) is 23.9. The molecule has 13 heteroatoms. The number of alkyl halides is 3. The smallest absolute Gasteiger partial charge is 0.396 e. The molecule has 0 unspecified atom stereocenters. The number of fused-ring (bicyclic) bond motifs is 3. The Bertz CT molecular complexity index is 1150. The molecule has 2 aliphatic rings. The van der Waals surface area contributed by atoms with Gasteiger partial charge in [-0.05, 0) is 13.0 Å². The summed E-state index contributed by atoms with van der Waals surface area (Å²) >= 11 is 0. The van der Waals surface area contributed by atoms with Crippen LogP contribution in [-0.2, 0) is 25.7 Å². The van der Waals surface area contributed by atoms with Gasteiger partial charge >= 0.3 is 12.2 Å². The standard InChI is InChI=1S/C21H22F5N5O3/c1-10-3-16-12(18-19(33)29(2)6-11(9-32)7-31(18)28-16)8-30(10)20(34)27-17-4-13(21(24,25)26)14(22)5-15(17)23/h4-5,10-11,32H,3,6-9H2,1-2H3,(H,27,34)/t10-,11-/m1/s1. The summed E-state index contributed by atoms with van der Waals surface area (Å²) < 4.78 is 68.3. The van der Waals surface area contributed by atoms with Crippen molar-refractivity contribution >= 4 is 17.6 Å². The number of benzene rings is 1. The highest BCUT2D eigenvalue weighted by Gasteiger charge is 2.38. The average molecular weight is 487 g/mol. The van der Waals surface area contributed by atoms with E-state index in [-0.39, 0.29) is 49.2 Å². The topological polar surface area (TPSA) is 90.7 Å². The highest BCUT2D eigenvalue weighted by molar-refractivity contribution is 5.95. The van der Waals surface area contributed by atoms with Gasteiger partial charge in [0.05, 0.1) is 23.5 Å². The van der Waals surface area contributed by atoms with E-state index in [4.69, 9.17) is 0 Å². The van der Waals surface area contributed by atoms with E-state index >= 15 is 0 Å². The van der Waals surface area contributed by atoms with E-state index in [1.54, 1.807) is 14.0 Å². The lowest BCUT2D eigenvalue weighted by Gasteiger charge is -2.33. The summed E-state index contributed by atoms with van der Waals surface area (Å²) in [4.78, 5) is 28.6. The molecule has 2 N–H and O–H groups in total. The molecule has 34 heavy (non-hydrogen) atoms. The van der Waals surface area contributed by atoms with Crippen LogP contribution in [0.15, 0.2) is 12.1 Å². The Balaban J connectivity index is 1.63. The van der Waals surface area contributed by atoms with Gasteiger partial charge in [0.1, 0.15) is 17.3 Å². The third kappa shape index (κ3) is 4.19. The van der Waals surface area contributed by atoms with Gasteiger partial charge in [-0.25, -0.2) is 13.6 Å². The fraction of sp³-hybridized carbons (Fsp3) is 0.476. The highest BCUT2D eigenvalue weighted by Crippen LogP contribution is 2.35. The Hall–Kier alpha value is -3.22. The summed E-state index contributed by atoms with van der Waals surface area (Å²) in [6, 6.07) is -1.10. The van der Waals surface area contributed by atoms with Crippen LogP contribution in [0.2, 0.25) is 0 Å². The van der Waals surface area contributed by atoms with Crippen LogP contribution in [0, 0.1) is 17.6 Å². The number of nitrogens with zero attached hydrogens (tertiary/aromatic N) is 4. The summed E-state index contributed by atoms with van der Waals surface area (Å²) in [6.07, 6.45) is -4.82. The molecule has 2 atom stereocenters. The number of nitrogens with one attached hydrogen (secondary N) is 1. The fourth-order valence-corrected chi connectivity index (χ4v) is 4.36. The largest absolute Gasteiger partial charge is 0.419 e. The van der Waals surface area contributed by atoms with E-state index in [2.05, 4.69) is 10.4 Å². The van der Waals surface area contributed by atoms with E-state index in [9.17, 15) is 36.6 Å². The van der Waals surface area contributed by atoms with E-state index in [0.717, 1.165) is 0 Å². The van der Waals surface area contributed by atoms with Gasteiger partial charge < -0.3 is 20.2 Å². The maximum atomic E-state index is 14.1. The molecule has 1 aromatic heterocycles. The maximum Gasteiger partial charge on any atom is 0.419 e. The number of hydrogen-bond donors (Lipinski definition) is 2. The summed E-state index contributed by atoms with van der Waals surface area (Å²) in [7, 11) is 1.59. The minimum Gasteiger partial charge on any atom is -0.396 e. The number of aliphatic hydroxyl groups excluding tert-OH is 1. The molecular weight excluding hydrogens is 465 g/mol. The predicted molar refractivity (Wildman–Crippen MR) is 109 cm³/mol. The van der Waals surface area contributed by atoms with E-state index < -0.39 is 41.1 Å². The van der Waals surface area contributed by atoms with Gasteiger partial charge in [-0.2, -0.15) is 18.3 Å². The number of anilines is 1. The maximum absolute atomic E-state index is 14.1. The first-order chi connectivity index (χ1) is 15.9. The SMILES string of the molecule is C[C@@H]1Cc2nn3c(c2CN1C(=O)Nc1cc(C(F)(F)F)c(F)cc1F)C(=O)N(C)C[C@@H](CO)C3. The quantitative estimate of drug-likeness (QED) is 0.638. The van der Waals surface area contributed by atoms with Crippen molar-refractivity contribution in [1.82, 2.24) is 19.6 Å². The number of carbonyl (C=O) groups is 2. The zero-order chi connectivity index (χ0) is 24.9. The van der Waals surface area contributed by atoms with Crippen LogP contribution in [0.25, 0.3) is 0 Å². The van der Waals surface area contributed by atoms with Crippen molar-refractivity contribution in [3.63, 3.8) is 0 Å². The Morgan fingerprint density at radius 2 is 1.94 bits per heavy atom. The molecule has 2 aromatic rings. The van der Waals surface area contributed by atoms with Crippen LogP contribution in [0.5, 0.6) is 0 Å². The fourth-order valence-electron chi connectivity index (χ4n) is 4.36.